The molecule has 6 nitrogen and oxygen atoms in total. The van der Waals surface area contributed by atoms with Crippen LogP contribution in [0.4, 0.5) is 0 Å². The van der Waals surface area contributed by atoms with Crippen LogP contribution in [-0.4, -0.2) is 34.4 Å². The molecule has 2 N–H and O–H groups in total. The van der Waals surface area contributed by atoms with E-state index >= 15 is 0 Å². The normalized spacial score (nSPS) is 11.5. The van der Waals surface area contributed by atoms with Gasteiger partial charge in [0.25, 0.3) is 0 Å². The molecule has 0 amide bonds. The van der Waals surface area contributed by atoms with E-state index in [0.29, 0.717) is 6.42 Å². The highest BCUT2D eigenvalue weighted by molar-refractivity contribution is 6.34. The zero-order valence-electron chi connectivity index (χ0n) is 15.1. The number of carbonyl (C=O) groups excluding carboxylic acids is 3. The van der Waals surface area contributed by atoms with Gasteiger partial charge in [-0.05, 0) is 37.1 Å². The van der Waals surface area contributed by atoms with Gasteiger partial charge in [-0.15, -0.1) is 0 Å². The van der Waals surface area contributed by atoms with Crippen LogP contribution in [0.5, 0.6) is 11.5 Å². The third kappa shape index (κ3) is 5.04. The molecule has 0 aromatic heterocycles. The molecule has 6 heteroatoms. The number of ketones is 2. The van der Waals surface area contributed by atoms with E-state index in [1.54, 1.807) is 0 Å². The summed E-state index contributed by atoms with van der Waals surface area (Å²) in [5, 5.41) is 19.1. The average Bonchev–Trinajstić information content (AvgIpc) is 2.62. The van der Waals surface area contributed by atoms with E-state index in [0.717, 1.165) is 18.6 Å². The van der Waals surface area contributed by atoms with Crippen molar-refractivity contribution in [1.82, 2.24) is 0 Å². The number of phenols is 2. The summed E-state index contributed by atoms with van der Waals surface area (Å²) in [6, 6.07) is 13.0. The van der Waals surface area contributed by atoms with E-state index in [1.165, 1.54) is 19.1 Å². The molecule has 0 saturated carbocycles. The molecule has 27 heavy (non-hydrogen) atoms. The monoisotopic (exact) mass is 368 g/mol. The van der Waals surface area contributed by atoms with Crippen molar-refractivity contribution in [3.05, 3.63) is 65.2 Å². The lowest BCUT2D eigenvalue weighted by Crippen LogP contribution is -2.19. The van der Waals surface area contributed by atoms with Gasteiger partial charge >= 0.3 is 5.97 Å². The molecule has 0 fully saturated rings. The molecule has 0 aliphatic carbocycles. The minimum atomic E-state index is -0.906. The molecule has 0 aliphatic heterocycles. The van der Waals surface area contributed by atoms with E-state index in [2.05, 4.69) is 0 Å². The first-order valence-corrected chi connectivity index (χ1v) is 8.30. The molecule has 2 aromatic rings. The lowest BCUT2D eigenvalue weighted by Gasteiger charge is -2.12. The molecule has 2 rings (SSSR count). The Morgan fingerprint density at radius 1 is 0.889 bits per heavy atom. The molecule has 0 bridgehead atoms. The fourth-order valence-corrected chi connectivity index (χ4v) is 2.60. The number of ether oxygens (including phenoxy) is 1. The van der Waals surface area contributed by atoms with Crippen LogP contribution >= 0.6 is 0 Å². The van der Waals surface area contributed by atoms with Crippen molar-refractivity contribution in [2.75, 3.05) is 6.61 Å². The van der Waals surface area contributed by atoms with E-state index in [1.807, 2.05) is 30.3 Å². The first kappa shape index (κ1) is 19.9. The molecule has 0 aliphatic rings. The third-order valence-corrected chi connectivity index (χ3v) is 3.89. The quantitative estimate of drug-likeness (QED) is 0.256. The van der Waals surface area contributed by atoms with Crippen LogP contribution < -0.4 is 0 Å². The number of carbonyl (C=O) groups is 3. The van der Waals surface area contributed by atoms with Crippen LogP contribution in [0.25, 0.3) is 5.57 Å². The molecule has 0 spiro atoms. The molecule has 140 valence electrons. The predicted molar refractivity (Wildman–Crippen MR) is 99.2 cm³/mol. The standard InChI is InChI=1S/C21H20O6/c1-13(22)19(16-8-9-17(24)18(25)12-16)20(14(2)23)21(26)27-11-10-15-6-4-3-5-7-15/h3-9,12,24-25H,10-11H2,1-2H3. The minimum Gasteiger partial charge on any atom is -0.504 e. The number of allylic oxidation sites excluding steroid dienone is 1. The predicted octanol–water partition coefficient (Wildman–Crippen LogP) is 2.82. The number of aromatic hydroxyl groups is 2. The largest absolute Gasteiger partial charge is 0.504 e. The fourth-order valence-electron chi connectivity index (χ4n) is 2.60. The van der Waals surface area contributed by atoms with Crippen molar-refractivity contribution >= 4 is 23.1 Å². The molecule has 2 aromatic carbocycles. The van der Waals surface area contributed by atoms with Gasteiger partial charge in [0.1, 0.15) is 5.57 Å². The first-order chi connectivity index (χ1) is 12.8. The number of esters is 1. The maximum Gasteiger partial charge on any atom is 0.342 e. The lowest BCUT2D eigenvalue weighted by atomic mass is 9.94. The van der Waals surface area contributed by atoms with Gasteiger partial charge in [0, 0.05) is 12.0 Å². The molecule has 0 radical (unpaired) electrons. The van der Waals surface area contributed by atoms with Gasteiger partial charge in [0.2, 0.25) is 0 Å². The topological polar surface area (TPSA) is 101 Å². The van der Waals surface area contributed by atoms with Crippen molar-refractivity contribution in [1.29, 1.82) is 0 Å². The zero-order valence-corrected chi connectivity index (χ0v) is 15.1. The minimum absolute atomic E-state index is 0.0473. The lowest BCUT2D eigenvalue weighted by molar-refractivity contribution is -0.140. The van der Waals surface area contributed by atoms with Crippen LogP contribution in [0.2, 0.25) is 0 Å². The van der Waals surface area contributed by atoms with Crippen molar-refractivity contribution < 1.29 is 29.3 Å². The number of phenolic OH excluding ortho intramolecular Hbond substituents is 2. The Hall–Kier alpha value is -3.41. The Labute approximate surface area is 156 Å². The van der Waals surface area contributed by atoms with Crippen LogP contribution in [0, 0.1) is 0 Å². The molecule has 0 saturated heterocycles. The Morgan fingerprint density at radius 3 is 2.11 bits per heavy atom. The second kappa shape index (κ2) is 8.80. The number of rotatable bonds is 7. The number of hydrogen-bond donors (Lipinski definition) is 2. The highest BCUT2D eigenvalue weighted by Crippen LogP contribution is 2.30. The van der Waals surface area contributed by atoms with Crippen LogP contribution in [0.3, 0.4) is 0 Å². The maximum atomic E-state index is 12.5. The van der Waals surface area contributed by atoms with Crippen LogP contribution in [-0.2, 0) is 25.5 Å². The summed E-state index contributed by atoms with van der Waals surface area (Å²) in [4.78, 5) is 36.7. The molecular weight excluding hydrogens is 348 g/mol. The summed E-state index contributed by atoms with van der Waals surface area (Å²) in [5.41, 5.74) is 0.556. The molecule has 0 unspecified atom stereocenters. The van der Waals surface area contributed by atoms with Crippen molar-refractivity contribution in [3.63, 3.8) is 0 Å². The summed E-state index contributed by atoms with van der Waals surface area (Å²) in [6.45, 7) is 2.42. The Kier molecular flexibility index (Phi) is 6.49. The van der Waals surface area contributed by atoms with Crippen molar-refractivity contribution in [2.45, 2.75) is 20.3 Å². The number of hydrogen-bond acceptors (Lipinski definition) is 6. The average molecular weight is 368 g/mol. The van der Waals surface area contributed by atoms with Gasteiger partial charge in [-0.25, -0.2) is 4.79 Å². The van der Waals surface area contributed by atoms with Crippen LogP contribution in [0.1, 0.15) is 25.0 Å². The fraction of sp³-hybridized carbons (Fsp3) is 0.190. The van der Waals surface area contributed by atoms with E-state index in [-0.39, 0.29) is 29.1 Å². The van der Waals surface area contributed by atoms with Crippen molar-refractivity contribution in [3.8, 4) is 11.5 Å². The second-order valence-corrected chi connectivity index (χ2v) is 5.94. The summed E-state index contributed by atoms with van der Waals surface area (Å²) in [7, 11) is 0. The van der Waals surface area contributed by atoms with Gasteiger partial charge in [0.05, 0.1) is 6.61 Å². The van der Waals surface area contributed by atoms with E-state index in [4.69, 9.17) is 4.74 Å². The van der Waals surface area contributed by atoms with Gasteiger partial charge < -0.3 is 14.9 Å². The SMILES string of the molecule is CC(=O)C(C(=O)OCCc1ccccc1)=C(C(C)=O)c1ccc(O)c(O)c1. The number of benzene rings is 2. The smallest absolute Gasteiger partial charge is 0.342 e. The van der Waals surface area contributed by atoms with Gasteiger partial charge in [-0.2, -0.15) is 0 Å². The Bertz CT molecular complexity index is 896. The maximum absolute atomic E-state index is 12.5. The highest BCUT2D eigenvalue weighted by Gasteiger charge is 2.25. The molecule has 0 heterocycles. The third-order valence-electron chi connectivity index (χ3n) is 3.89. The van der Waals surface area contributed by atoms with Gasteiger partial charge in [0.15, 0.2) is 23.1 Å². The van der Waals surface area contributed by atoms with E-state index < -0.39 is 23.3 Å². The molecule has 0 atom stereocenters. The zero-order chi connectivity index (χ0) is 20.0. The Morgan fingerprint density at radius 2 is 1.56 bits per heavy atom. The number of Topliss-reactive ketones (excluding diaryl/α,β-unsaturated/α-hetero) is 2. The summed E-state index contributed by atoms with van der Waals surface area (Å²) < 4.78 is 5.19. The summed E-state index contributed by atoms with van der Waals surface area (Å²) in [6.07, 6.45) is 0.465. The van der Waals surface area contributed by atoms with Crippen LogP contribution in [0.15, 0.2) is 54.1 Å². The van der Waals surface area contributed by atoms with Crippen molar-refractivity contribution in [2.24, 2.45) is 0 Å². The van der Waals surface area contributed by atoms with E-state index in [9.17, 15) is 24.6 Å². The Balaban J connectivity index is 2.32. The van der Waals surface area contributed by atoms with Gasteiger partial charge in [-0.1, -0.05) is 36.4 Å². The summed E-state index contributed by atoms with van der Waals surface area (Å²) in [5.74, 6) is -2.91. The van der Waals surface area contributed by atoms with Gasteiger partial charge in [-0.3, -0.25) is 9.59 Å². The second-order valence-electron chi connectivity index (χ2n) is 5.94. The first-order valence-electron chi connectivity index (χ1n) is 8.30. The summed E-state index contributed by atoms with van der Waals surface area (Å²) >= 11 is 0. The molecular formula is C21H20O6. The highest BCUT2D eigenvalue weighted by atomic mass is 16.5.